The van der Waals surface area contributed by atoms with Gasteiger partial charge in [0.25, 0.3) is 5.69 Å². The molecule has 1 atom stereocenters. The molecule has 0 aliphatic heterocycles. The Labute approximate surface area is 157 Å². The average molecular weight is 376 g/mol. The van der Waals surface area contributed by atoms with Crippen LogP contribution in [0.3, 0.4) is 0 Å². The highest BCUT2D eigenvalue weighted by Crippen LogP contribution is 2.17. The number of nitrogens with one attached hydrogen (secondary N) is 1. The first-order valence-electron chi connectivity index (χ1n) is 8.55. The number of nitro benzene ring substituents is 1. The summed E-state index contributed by atoms with van der Waals surface area (Å²) in [6.45, 7) is 1.40. The molecule has 0 fully saturated rings. The van der Waals surface area contributed by atoms with Gasteiger partial charge in [-0.15, -0.1) is 0 Å². The number of hydrogen-bond donors (Lipinski definition) is 2. The zero-order valence-corrected chi connectivity index (χ0v) is 15.2. The van der Waals surface area contributed by atoms with Gasteiger partial charge in [-0.2, -0.15) is 0 Å². The molecule has 0 aliphatic rings. The molecule has 2 N–H and O–H groups in total. The molecule has 2 rings (SSSR count). The Hall–Kier alpha value is -2.68. The summed E-state index contributed by atoms with van der Waals surface area (Å²) >= 11 is 0. The quantitative estimate of drug-likeness (QED) is 0.253. The Morgan fingerprint density at radius 2 is 1.70 bits per heavy atom. The van der Waals surface area contributed by atoms with Gasteiger partial charge in [0.1, 0.15) is 24.2 Å². The van der Waals surface area contributed by atoms with Crippen LogP contribution < -0.4 is 14.8 Å². The molecule has 8 heteroatoms. The van der Waals surface area contributed by atoms with E-state index in [2.05, 4.69) is 5.32 Å². The van der Waals surface area contributed by atoms with Gasteiger partial charge >= 0.3 is 0 Å². The van der Waals surface area contributed by atoms with Crippen LogP contribution in [0.5, 0.6) is 11.5 Å². The highest BCUT2D eigenvalue weighted by Gasteiger charge is 2.06. The number of hydrogen-bond acceptors (Lipinski definition) is 7. The number of non-ortho nitro benzene ring substituents is 1. The number of rotatable bonds is 12. The Kier molecular flexibility index (Phi) is 8.50. The van der Waals surface area contributed by atoms with E-state index in [-0.39, 0.29) is 19.1 Å². The van der Waals surface area contributed by atoms with E-state index in [1.54, 1.807) is 43.5 Å². The van der Waals surface area contributed by atoms with Crippen molar-refractivity contribution in [3.05, 3.63) is 64.2 Å². The standard InChI is InChI=1S/C19H24N2O6/c1-25-14-27-19-8-6-18(7-9-19)26-13-17(22)12-20-11-10-15-2-4-16(5-3-15)21(23)24/h2-9,17,20,22H,10-14H2,1H3/t17-/m0/s1. The van der Waals surface area contributed by atoms with Crippen LogP contribution in [-0.4, -0.2) is 49.7 Å². The second-order valence-corrected chi connectivity index (χ2v) is 5.86. The van der Waals surface area contributed by atoms with Crippen molar-refractivity contribution >= 4 is 5.69 Å². The number of benzene rings is 2. The van der Waals surface area contributed by atoms with E-state index >= 15 is 0 Å². The summed E-state index contributed by atoms with van der Waals surface area (Å²) in [5.41, 5.74) is 1.08. The normalized spacial score (nSPS) is 11.8. The zero-order chi connectivity index (χ0) is 19.5. The monoisotopic (exact) mass is 376 g/mol. The van der Waals surface area contributed by atoms with E-state index in [9.17, 15) is 15.2 Å². The summed E-state index contributed by atoms with van der Waals surface area (Å²) in [6, 6.07) is 13.5. The third-order valence-electron chi connectivity index (χ3n) is 3.73. The molecule has 0 aliphatic carbocycles. The molecule has 0 radical (unpaired) electrons. The van der Waals surface area contributed by atoms with Gasteiger partial charge in [-0.1, -0.05) is 12.1 Å². The molecule has 0 saturated heterocycles. The van der Waals surface area contributed by atoms with Crippen LogP contribution in [0, 0.1) is 10.1 Å². The first kappa shape index (κ1) is 20.6. The lowest BCUT2D eigenvalue weighted by Crippen LogP contribution is -2.32. The minimum absolute atomic E-state index is 0.0811. The molecule has 8 nitrogen and oxygen atoms in total. The zero-order valence-electron chi connectivity index (χ0n) is 15.2. The Morgan fingerprint density at radius 3 is 2.30 bits per heavy atom. The maximum Gasteiger partial charge on any atom is 0.269 e. The maximum absolute atomic E-state index is 10.6. The van der Waals surface area contributed by atoms with Crippen molar-refractivity contribution in [2.45, 2.75) is 12.5 Å². The number of methoxy groups -OCH3 is 1. The first-order valence-corrected chi connectivity index (χ1v) is 8.55. The number of nitrogens with zero attached hydrogens (tertiary/aromatic N) is 1. The van der Waals surface area contributed by atoms with Gasteiger partial charge in [0, 0.05) is 25.8 Å². The fraction of sp³-hybridized carbons (Fsp3) is 0.368. The number of aliphatic hydroxyl groups is 1. The van der Waals surface area contributed by atoms with Gasteiger partial charge in [0.2, 0.25) is 0 Å². The molecule has 146 valence electrons. The molecular weight excluding hydrogens is 352 g/mol. The number of ether oxygens (including phenoxy) is 3. The summed E-state index contributed by atoms with van der Waals surface area (Å²) < 4.78 is 15.6. The predicted octanol–water partition coefficient (Wildman–Crippen LogP) is 2.15. The second kappa shape index (κ2) is 11.1. The largest absolute Gasteiger partial charge is 0.491 e. The molecule has 0 aromatic heterocycles. The summed E-state index contributed by atoms with van der Waals surface area (Å²) in [4.78, 5) is 10.2. The second-order valence-electron chi connectivity index (χ2n) is 5.86. The molecule has 0 heterocycles. The molecule has 0 saturated carbocycles. The summed E-state index contributed by atoms with van der Waals surface area (Å²) in [6.07, 6.45) is 0.0698. The van der Waals surface area contributed by atoms with E-state index in [1.807, 2.05) is 0 Å². The van der Waals surface area contributed by atoms with E-state index in [0.29, 0.717) is 31.0 Å². The number of aliphatic hydroxyl groups excluding tert-OH is 1. The van der Waals surface area contributed by atoms with Crippen LogP contribution in [0.2, 0.25) is 0 Å². The van der Waals surface area contributed by atoms with Gasteiger partial charge in [0.15, 0.2) is 6.79 Å². The highest BCUT2D eigenvalue weighted by molar-refractivity contribution is 5.33. The van der Waals surface area contributed by atoms with E-state index in [1.165, 1.54) is 12.1 Å². The molecule has 0 bridgehead atoms. The summed E-state index contributed by atoms with van der Waals surface area (Å²) in [5, 5.41) is 23.7. The lowest BCUT2D eigenvalue weighted by Gasteiger charge is -2.13. The van der Waals surface area contributed by atoms with Crippen molar-refractivity contribution in [3.8, 4) is 11.5 Å². The van der Waals surface area contributed by atoms with E-state index in [0.717, 1.165) is 5.56 Å². The van der Waals surface area contributed by atoms with Crippen molar-refractivity contribution in [1.82, 2.24) is 5.32 Å². The fourth-order valence-electron chi connectivity index (χ4n) is 2.30. The molecular formula is C19H24N2O6. The maximum atomic E-state index is 10.6. The van der Waals surface area contributed by atoms with Gasteiger partial charge in [-0.3, -0.25) is 10.1 Å². The van der Waals surface area contributed by atoms with Crippen LogP contribution in [0.1, 0.15) is 5.56 Å². The summed E-state index contributed by atoms with van der Waals surface area (Å²) in [7, 11) is 1.55. The summed E-state index contributed by atoms with van der Waals surface area (Å²) in [5.74, 6) is 1.32. The van der Waals surface area contributed by atoms with E-state index < -0.39 is 11.0 Å². The highest BCUT2D eigenvalue weighted by atomic mass is 16.7. The van der Waals surface area contributed by atoms with Crippen LogP contribution in [0.15, 0.2) is 48.5 Å². The lowest BCUT2D eigenvalue weighted by atomic mass is 10.1. The third kappa shape index (κ3) is 7.61. The molecule has 0 unspecified atom stereocenters. The molecule has 2 aromatic carbocycles. The topological polar surface area (TPSA) is 103 Å². The average Bonchev–Trinajstić information content (AvgIpc) is 2.69. The van der Waals surface area contributed by atoms with Gasteiger partial charge in [-0.25, -0.2) is 0 Å². The van der Waals surface area contributed by atoms with Gasteiger partial charge < -0.3 is 24.6 Å². The van der Waals surface area contributed by atoms with Gasteiger partial charge in [-0.05, 0) is 42.8 Å². The minimum atomic E-state index is -0.647. The predicted molar refractivity (Wildman–Crippen MR) is 100 cm³/mol. The SMILES string of the molecule is COCOc1ccc(OC[C@@H](O)CNCCc2ccc([N+](=O)[O-])cc2)cc1. The van der Waals surface area contributed by atoms with E-state index in [4.69, 9.17) is 14.2 Å². The Bertz CT molecular complexity index is 690. The first-order chi connectivity index (χ1) is 13.1. The van der Waals surface area contributed by atoms with Crippen molar-refractivity contribution in [2.75, 3.05) is 33.6 Å². The Balaban J connectivity index is 1.61. The third-order valence-corrected chi connectivity index (χ3v) is 3.73. The number of nitro groups is 1. The van der Waals surface area contributed by atoms with Crippen LogP contribution in [0.25, 0.3) is 0 Å². The lowest BCUT2D eigenvalue weighted by molar-refractivity contribution is -0.384. The minimum Gasteiger partial charge on any atom is -0.491 e. The van der Waals surface area contributed by atoms with Crippen molar-refractivity contribution < 1.29 is 24.2 Å². The van der Waals surface area contributed by atoms with Crippen molar-refractivity contribution in [2.24, 2.45) is 0 Å². The fourth-order valence-corrected chi connectivity index (χ4v) is 2.30. The molecule has 27 heavy (non-hydrogen) atoms. The van der Waals surface area contributed by atoms with Crippen LogP contribution >= 0.6 is 0 Å². The smallest absolute Gasteiger partial charge is 0.269 e. The molecule has 0 spiro atoms. The van der Waals surface area contributed by atoms with Crippen LogP contribution in [-0.2, 0) is 11.2 Å². The van der Waals surface area contributed by atoms with Gasteiger partial charge in [0.05, 0.1) is 4.92 Å². The van der Waals surface area contributed by atoms with Crippen molar-refractivity contribution in [3.63, 3.8) is 0 Å². The van der Waals surface area contributed by atoms with Crippen LogP contribution in [0.4, 0.5) is 5.69 Å². The Morgan fingerprint density at radius 1 is 1.07 bits per heavy atom. The van der Waals surface area contributed by atoms with Crippen molar-refractivity contribution in [1.29, 1.82) is 0 Å². The molecule has 0 amide bonds. The molecule has 2 aromatic rings.